The molecule has 4 rings (SSSR count). The van der Waals surface area contributed by atoms with Crippen molar-refractivity contribution in [2.24, 2.45) is 5.41 Å². The molecule has 0 aromatic carbocycles. The molecule has 1 atom stereocenters. The maximum atomic E-state index is 12.9. The number of carbonyl (C=O) groups is 2. The Labute approximate surface area is 177 Å². The summed E-state index contributed by atoms with van der Waals surface area (Å²) in [4.78, 5) is 27.4. The molecular formula is C21H33N5O4. The molecule has 1 spiro atoms. The number of aryl methyl sites for hydroxylation is 1. The summed E-state index contributed by atoms with van der Waals surface area (Å²) < 4.78 is 12.6. The topological polar surface area (TPSA) is 98.6 Å². The smallest absolute Gasteiger partial charge is 0.289 e. The first-order chi connectivity index (χ1) is 14.5. The SMILES string of the molecule is COCCNC(=O)c1nnc2n1CCC1(CC2)CCN(C(=O)CC2(OC)CCC2)C1. The Hall–Kier alpha value is -2.00. The highest BCUT2D eigenvalue weighted by atomic mass is 16.5. The van der Waals surface area contributed by atoms with Crippen LogP contribution >= 0.6 is 0 Å². The fraction of sp³-hybridized carbons (Fsp3) is 0.810. The lowest BCUT2D eigenvalue weighted by molar-refractivity contribution is -0.143. The largest absolute Gasteiger partial charge is 0.383 e. The van der Waals surface area contributed by atoms with Crippen molar-refractivity contribution in [2.75, 3.05) is 40.5 Å². The minimum absolute atomic E-state index is 0.0972. The molecule has 166 valence electrons. The number of likely N-dealkylation sites (tertiary alicyclic amines) is 1. The van der Waals surface area contributed by atoms with Gasteiger partial charge in [-0.3, -0.25) is 9.59 Å². The van der Waals surface area contributed by atoms with Crippen LogP contribution in [0.2, 0.25) is 0 Å². The number of nitrogens with zero attached hydrogens (tertiary/aromatic N) is 4. The van der Waals surface area contributed by atoms with E-state index in [1.54, 1.807) is 14.2 Å². The summed E-state index contributed by atoms with van der Waals surface area (Å²) in [6.07, 6.45) is 7.29. The fourth-order valence-corrected chi connectivity index (χ4v) is 5.09. The van der Waals surface area contributed by atoms with Gasteiger partial charge in [0.25, 0.3) is 5.91 Å². The second kappa shape index (κ2) is 8.63. The minimum atomic E-state index is -0.227. The summed E-state index contributed by atoms with van der Waals surface area (Å²) in [7, 11) is 3.33. The first kappa shape index (κ1) is 21.2. The standard InChI is InChI=1S/C21H33N5O4/c1-29-13-10-22-19(28)18-24-23-16-4-7-20(9-12-26(16)18)8-11-25(15-20)17(27)14-21(30-2)5-3-6-21/h3-15H2,1-2H3,(H,22,28). The molecule has 1 aromatic rings. The predicted octanol–water partition coefficient (Wildman–Crippen LogP) is 1.17. The zero-order chi connectivity index (χ0) is 21.2. The van der Waals surface area contributed by atoms with E-state index in [4.69, 9.17) is 9.47 Å². The van der Waals surface area contributed by atoms with Gasteiger partial charge in [0.2, 0.25) is 11.7 Å². The van der Waals surface area contributed by atoms with E-state index in [9.17, 15) is 9.59 Å². The lowest BCUT2D eigenvalue weighted by Crippen LogP contribution is -2.45. The van der Waals surface area contributed by atoms with Crippen LogP contribution in [0.25, 0.3) is 0 Å². The zero-order valence-electron chi connectivity index (χ0n) is 18.1. The average Bonchev–Trinajstić information content (AvgIpc) is 3.28. The molecular weight excluding hydrogens is 386 g/mol. The van der Waals surface area contributed by atoms with Crippen LogP contribution in [-0.2, 0) is 27.2 Å². The van der Waals surface area contributed by atoms with Gasteiger partial charge in [0.05, 0.1) is 18.6 Å². The maximum absolute atomic E-state index is 12.9. The van der Waals surface area contributed by atoms with Gasteiger partial charge in [-0.1, -0.05) is 0 Å². The van der Waals surface area contributed by atoms with Crippen molar-refractivity contribution < 1.29 is 19.1 Å². The summed E-state index contributed by atoms with van der Waals surface area (Å²) in [5, 5.41) is 11.2. The summed E-state index contributed by atoms with van der Waals surface area (Å²) in [6, 6.07) is 0. The molecule has 9 heteroatoms. The van der Waals surface area contributed by atoms with E-state index in [1.165, 1.54) is 0 Å². The normalized spacial score (nSPS) is 24.9. The van der Waals surface area contributed by atoms with E-state index in [0.29, 0.717) is 31.9 Å². The lowest BCUT2D eigenvalue weighted by atomic mass is 9.77. The number of ether oxygens (including phenoxy) is 2. The van der Waals surface area contributed by atoms with Crippen LogP contribution in [0.1, 0.15) is 61.4 Å². The monoisotopic (exact) mass is 419 g/mol. The van der Waals surface area contributed by atoms with Crippen molar-refractivity contribution in [2.45, 2.75) is 63.5 Å². The summed E-state index contributed by atoms with van der Waals surface area (Å²) in [6.45, 7) is 3.22. The van der Waals surface area contributed by atoms with Crippen molar-refractivity contribution >= 4 is 11.8 Å². The Bertz CT molecular complexity index is 785. The Morgan fingerprint density at radius 2 is 1.90 bits per heavy atom. The van der Waals surface area contributed by atoms with Crippen molar-refractivity contribution in [1.82, 2.24) is 25.0 Å². The van der Waals surface area contributed by atoms with Crippen LogP contribution < -0.4 is 5.32 Å². The Kier molecular flexibility index (Phi) is 6.11. The van der Waals surface area contributed by atoms with Crippen molar-refractivity contribution in [3.8, 4) is 0 Å². The number of hydrogen-bond acceptors (Lipinski definition) is 6. The van der Waals surface area contributed by atoms with Crippen LogP contribution in [0.5, 0.6) is 0 Å². The third kappa shape index (κ3) is 4.09. The first-order valence-corrected chi connectivity index (χ1v) is 11.0. The molecule has 1 saturated carbocycles. The van der Waals surface area contributed by atoms with E-state index in [-0.39, 0.29) is 22.8 Å². The molecule has 9 nitrogen and oxygen atoms in total. The number of amides is 2. The number of carbonyl (C=O) groups excluding carboxylic acids is 2. The fourth-order valence-electron chi connectivity index (χ4n) is 5.09. The molecule has 3 heterocycles. The van der Waals surface area contributed by atoms with Crippen LogP contribution in [0.4, 0.5) is 0 Å². The van der Waals surface area contributed by atoms with Crippen molar-refractivity contribution in [3.63, 3.8) is 0 Å². The molecule has 1 aliphatic carbocycles. The average molecular weight is 420 g/mol. The van der Waals surface area contributed by atoms with Gasteiger partial charge in [0, 0.05) is 46.8 Å². The molecule has 0 bridgehead atoms. The molecule has 2 aliphatic heterocycles. The quantitative estimate of drug-likeness (QED) is 0.666. The molecule has 2 amide bonds. The van der Waals surface area contributed by atoms with E-state index in [1.807, 2.05) is 9.47 Å². The summed E-state index contributed by atoms with van der Waals surface area (Å²) >= 11 is 0. The number of fused-ring (bicyclic) bond motifs is 1. The molecule has 1 unspecified atom stereocenters. The Morgan fingerprint density at radius 1 is 1.10 bits per heavy atom. The Balaban J connectivity index is 1.37. The number of rotatable bonds is 7. The Morgan fingerprint density at radius 3 is 2.60 bits per heavy atom. The zero-order valence-corrected chi connectivity index (χ0v) is 18.1. The highest BCUT2D eigenvalue weighted by Crippen LogP contribution is 2.43. The molecule has 1 aromatic heterocycles. The van der Waals surface area contributed by atoms with Gasteiger partial charge in [0.15, 0.2) is 0 Å². The molecule has 2 fully saturated rings. The summed E-state index contributed by atoms with van der Waals surface area (Å²) in [5.74, 6) is 1.24. The highest BCUT2D eigenvalue weighted by Gasteiger charge is 2.45. The van der Waals surface area contributed by atoms with Crippen molar-refractivity contribution in [1.29, 1.82) is 0 Å². The van der Waals surface area contributed by atoms with Crippen molar-refractivity contribution in [3.05, 3.63) is 11.6 Å². The van der Waals surface area contributed by atoms with E-state index >= 15 is 0 Å². The number of hydrogen-bond donors (Lipinski definition) is 1. The molecule has 1 N–H and O–H groups in total. The van der Waals surface area contributed by atoms with Gasteiger partial charge in [-0.2, -0.15) is 0 Å². The minimum Gasteiger partial charge on any atom is -0.383 e. The van der Waals surface area contributed by atoms with Crippen LogP contribution in [-0.4, -0.2) is 77.5 Å². The van der Waals surface area contributed by atoms with Crippen LogP contribution in [0.3, 0.4) is 0 Å². The maximum Gasteiger partial charge on any atom is 0.289 e. The highest BCUT2D eigenvalue weighted by molar-refractivity contribution is 5.90. The van der Waals surface area contributed by atoms with Gasteiger partial charge in [-0.15, -0.1) is 10.2 Å². The predicted molar refractivity (Wildman–Crippen MR) is 109 cm³/mol. The number of aromatic nitrogens is 3. The molecule has 3 aliphatic rings. The third-order valence-corrected chi connectivity index (χ3v) is 7.33. The van der Waals surface area contributed by atoms with Gasteiger partial charge < -0.3 is 24.3 Å². The van der Waals surface area contributed by atoms with Crippen LogP contribution in [0, 0.1) is 5.41 Å². The molecule has 30 heavy (non-hydrogen) atoms. The number of methoxy groups -OCH3 is 2. The first-order valence-electron chi connectivity index (χ1n) is 11.0. The lowest BCUT2D eigenvalue weighted by Gasteiger charge is -2.41. The van der Waals surface area contributed by atoms with Gasteiger partial charge in [-0.05, 0) is 43.9 Å². The third-order valence-electron chi connectivity index (χ3n) is 7.33. The van der Waals surface area contributed by atoms with Gasteiger partial charge in [-0.25, -0.2) is 0 Å². The number of nitrogens with one attached hydrogen (secondary N) is 1. The van der Waals surface area contributed by atoms with Gasteiger partial charge in [0.1, 0.15) is 5.82 Å². The molecule has 0 radical (unpaired) electrons. The molecule has 1 saturated heterocycles. The van der Waals surface area contributed by atoms with Crippen LogP contribution in [0.15, 0.2) is 0 Å². The van der Waals surface area contributed by atoms with E-state index in [0.717, 1.165) is 63.9 Å². The van der Waals surface area contributed by atoms with E-state index in [2.05, 4.69) is 15.5 Å². The van der Waals surface area contributed by atoms with E-state index < -0.39 is 0 Å². The summed E-state index contributed by atoms with van der Waals surface area (Å²) in [5.41, 5.74) is -0.130. The second-order valence-electron chi connectivity index (χ2n) is 9.07. The second-order valence-corrected chi connectivity index (χ2v) is 9.07. The van der Waals surface area contributed by atoms with Gasteiger partial charge >= 0.3 is 0 Å².